The third kappa shape index (κ3) is 1.11. The van der Waals surface area contributed by atoms with Crippen LogP contribution < -0.4 is 0 Å². The van der Waals surface area contributed by atoms with Crippen LogP contribution in [0.1, 0.15) is 31.4 Å². The highest BCUT2D eigenvalue weighted by Crippen LogP contribution is 2.45. The number of hydrogen-bond acceptors (Lipinski definition) is 0. The van der Waals surface area contributed by atoms with Gasteiger partial charge in [0.25, 0.3) is 0 Å². The Labute approximate surface area is 78.1 Å². The van der Waals surface area contributed by atoms with Gasteiger partial charge in [-0.2, -0.15) is 0 Å². The van der Waals surface area contributed by atoms with Crippen molar-refractivity contribution in [2.75, 3.05) is 0 Å². The molecule has 1 heteroatoms. The minimum atomic E-state index is -0.131. The van der Waals surface area contributed by atoms with Crippen molar-refractivity contribution in [3.63, 3.8) is 0 Å². The van der Waals surface area contributed by atoms with Crippen LogP contribution in [0.2, 0.25) is 0 Å². The van der Waals surface area contributed by atoms with Gasteiger partial charge < -0.3 is 0 Å². The molecular formula is C12H13F. The molecular weight excluding hydrogens is 163 g/mol. The largest absolute Gasteiger partial charge is 0.206 e. The summed E-state index contributed by atoms with van der Waals surface area (Å²) in [5.41, 5.74) is 2.82. The predicted molar refractivity (Wildman–Crippen MR) is 53.1 cm³/mol. The second-order valence-corrected chi connectivity index (χ2v) is 4.33. The van der Waals surface area contributed by atoms with Gasteiger partial charge in [0.05, 0.1) is 0 Å². The zero-order valence-corrected chi connectivity index (χ0v) is 8.02. The number of allylic oxidation sites excluding steroid dienone is 1. The fourth-order valence-electron chi connectivity index (χ4n) is 2.16. The lowest BCUT2D eigenvalue weighted by Gasteiger charge is -2.17. The summed E-state index contributed by atoms with van der Waals surface area (Å²) < 4.78 is 13.4. The van der Waals surface area contributed by atoms with Crippen LogP contribution in [-0.4, -0.2) is 0 Å². The van der Waals surface area contributed by atoms with E-state index >= 15 is 0 Å². The molecule has 0 saturated carbocycles. The van der Waals surface area contributed by atoms with Crippen LogP contribution in [0, 0.1) is 5.82 Å². The number of benzene rings is 1. The first-order chi connectivity index (χ1) is 6.02. The minimum absolute atomic E-state index is 0.0501. The molecule has 68 valence electrons. The van der Waals surface area contributed by atoms with E-state index in [9.17, 15) is 4.39 Å². The van der Waals surface area contributed by atoms with Crippen LogP contribution in [0.4, 0.5) is 4.39 Å². The fourth-order valence-corrected chi connectivity index (χ4v) is 2.16. The van der Waals surface area contributed by atoms with Crippen molar-refractivity contribution in [2.45, 2.75) is 25.7 Å². The highest BCUT2D eigenvalue weighted by molar-refractivity contribution is 5.74. The highest BCUT2D eigenvalue weighted by atomic mass is 19.1. The lowest BCUT2D eigenvalue weighted by molar-refractivity contribution is 0.559. The number of rotatable bonds is 0. The Balaban J connectivity index is 2.72. The molecule has 2 rings (SSSR count). The molecule has 1 aromatic rings. The zero-order chi connectivity index (χ0) is 9.64. The maximum absolute atomic E-state index is 13.4. The lowest BCUT2D eigenvalue weighted by atomic mass is 9.86. The molecule has 0 bridgehead atoms. The quantitative estimate of drug-likeness (QED) is 0.567. The molecule has 0 fully saturated rings. The van der Waals surface area contributed by atoms with Crippen LogP contribution in [0.5, 0.6) is 0 Å². The Morgan fingerprint density at radius 3 is 2.69 bits per heavy atom. The Morgan fingerprint density at radius 2 is 2.08 bits per heavy atom. The third-order valence-electron chi connectivity index (χ3n) is 2.75. The molecule has 0 N–H and O–H groups in total. The molecule has 0 heterocycles. The van der Waals surface area contributed by atoms with Gasteiger partial charge in [-0.25, -0.2) is 4.39 Å². The second kappa shape index (κ2) is 2.44. The zero-order valence-electron chi connectivity index (χ0n) is 8.02. The molecule has 0 atom stereocenters. The summed E-state index contributed by atoms with van der Waals surface area (Å²) in [4.78, 5) is 0. The molecule has 0 spiro atoms. The summed E-state index contributed by atoms with van der Waals surface area (Å²) in [5.74, 6) is -0.131. The van der Waals surface area contributed by atoms with Crippen molar-refractivity contribution in [3.8, 4) is 0 Å². The van der Waals surface area contributed by atoms with Crippen molar-refractivity contribution in [2.24, 2.45) is 0 Å². The van der Waals surface area contributed by atoms with Gasteiger partial charge in [0.2, 0.25) is 0 Å². The average Bonchev–Trinajstić information content (AvgIpc) is 2.24. The van der Waals surface area contributed by atoms with Gasteiger partial charge in [0, 0.05) is 5.56 Å². The van der Waals surface area contributed by atoms with Crippen LogP contribution >= 0.6 is 0 Å². The van der Waals surface area contributed by atoms with Crippen LogP contribution in [0.25, 0.3) is 5.57 Å². The van der Waals surface area contributed by atoms with E-state index in [1.807, 2.05) is 6.07 Å². The van der Waals surface area contributed by atoms with E-state index in [0.29, 0.717) is 0 Å². The molecule has 0 unspecified atom stereocenters. The Hall–Kier alpha value is -1.11. The first-order valence-corrected chi connectivity index (χ1v) is 4.49. The van der Waals surface area contributed by atoms with Crippen molar-refractivity contribution in [3.05, 3.63) is 41.7 Å². The summed E-state index contributed by atoms with van der Waals surface area (Å²) in [6, 6.07) is 5.27. The first kappa shape index (κ1) is 8.49. The van der Waals surface area contributed by atoms with Crippen molar-refractivity contribution in [1.82, 2.24) is 0 Å². The Bertz CT molecular complexity index is 375. The van der Waals surface area contributed by atoms with Gasteiger partial charge in [0.15, 0.2) is 0 Å². The van der Waals surface area contributed by atoms with E-state index in [-0.39, 0.29) is 11.2 Å². The molecule has 0 aliphatic heterocycles. The lowest BCUT2D eigenvalue weighted by Crippen LogP contribution is -2.11. The molecule has 1 aliphatic rings. The van der Waals surface area contributed by atoms with Gasteiger partial charge in [-0.15, -0.1) is 0 Å². The summed E-state index contributed by atoms with van der Waals surface area (Å²) in [6.07, 6.45) is 0.864. The second-order valence-electron chi connectivity index (χ2n) is 4.33. The molecule has 0 radical (unpaired) electrons. The minimum Gasteiger partial charge on any atom is -0.206 e. The van der Waals surface area contributed by atoms with Crippen molar-refractivity contribution < 1.29 is 4.39 Å². The first-order valence-electron chi connectivity index (χ1n) is 4.49. The summed E-state index contributed by atoms with van der Waals surface area (Å²) >= 11 is 0. The van der Waals surface area contributed by atoms with E-state index in [1.54, 1.807) is 6.07 Å². The van der Waals surface area contributed by atoms with Gasteiger partial charge in [-0.3, -0.25) is 0 Å². The van der Waals surface area contributed by atoms with Crippen LogP contribution in [0.15, 0.2) is 24.8 Å². The predicted octanol–water partition coefficient (Wildman–Crippen LogP) is 3.52. The maximum atomic E-state index is 13.4. The number of halogens is 1. The molecule has 0 nitrogen and oxygen atoms in total. The highest BCUT2D eigenvalue weighted by Gasteiger charge is 2.33. The van der Waals surface area contributed by atoms with E-state index in [2.05, 4.69) is 20.4 Å². The number of hydrogen-bond donors (Lipinski definition) is 0. The standard InChI is InChI=1S/C12H13F/c1-8-7-12(2,3)9-5-4-6-10(13)11(8)9/h4-6H,1,7H2,2-3H3. The maximum Gasteiger partial charge on any atom is 0.130 e. The summed E-state index contributed by atoms with van der Waals surface area (Å²) in [5, 5.41) is 0. The molecule has 0 amide bonds. The summed E-state index contributed by atoms with van der Waals surface area (Å²) in [6.45, 7) is 8.17. The SMILES string of the molecule is C=C1CC(C)(C)c2cccc(F)c21. The third-order valence-corrected chi connectivity index (χ3v) is 2.75. The van der Waals surface area contributed by atoms with Gasteiger partial charge in [0.1, 0.15) is 5.82 Å². The Morgan fingerprint density at radius 1 is 1.38 bits per heavy atom. The molecule has 0 aromatic heterocycles. The van der Waals surface area contributed by atoms with E-state index in [0.717, 1.165) is 23.1 Å². The monoisotopic (exact) mass is 176 g/mol. The summed E-state index contributed by atoms with van der Waals surface area (Å²) in [7, 11) is 0. The van der Waals surface area contributed by atoms with Crippen molar-refractivity contribution in [1.29, 1.82) is 0 Å². The molecule has 0 saturated heterocycles. The number of fused-ring (bicyclic) bond motifs is 1. The Kier molecular flexibility index (Phi) is 1.59. The average molecular weight is 176 g/mol. The van der Waals surface area contributed by atoms with E-state index in [4.69, 9.17) is 0 Å². The van der Waals surface area contributed by atoms with Crippen LogP contribution in [0.3, 0.4) is 0 Å². The normalized spacial score (nSPS) is 18.8. The molecule has 13 heavy (non-hydrogen) atoms. The smallest absolute Gasteiger partial charge is 0.130 e. The van der Waals surface area contributed by atoms with Crippen molar-refractivity contribution >= 4 is 5.57 Å². The van der Waals surface area contributed by atoms with E-state index < -0.39 is 0 Å². The fraction of sp³-hybridized carbons (Fsp3) is 0.333. The van der Waals surface area contributed by atoms with Gasteiger partial charge in [-0.1, -0.05) is 32.6 Å². The van der Waals surface area contributed by atoms with E-state index in [1.165, 1.54) is 6.07 Å². The van der Waals surface area contributed by atoms with Gasteiger partial charge in [-0.05, 0) is 29.0 Å². The molecule has 1 aliphatic carbocycles. The van der Waals surface area contributed by atoms with Crippen LogP contribution in [-0.2, 0) is 5.41 Å². The topological polar surface area (TPSA) is 0 Å². The molecule has 1 aromatic carbocycles. The van der Waals surface area contributed by atoms with Gasteiger partial charge >= 0.3 is 0 Å².